The zero-order valence-electron chi connectivity index (χ0n) is 8.00. The van der Waals surface area contributed by atoms with Crippen LogP contribution in [0.5, 0.6) is 0 Å². The van der Waals surface area contributed by atoms with Crippen molar-refractivity contribution in [3.05, 3.63) is 0 Å². The Morgan fingerprint density at radius 1 is 1.57 bits per heavy atom. The molecule has 0 spiro atoms. The van der Waals surface area contributed by atoms with E-state index in [9.17, 15) is 13.2 Å². The summed E-state index contributed by atoms with van der Waals surface area (Å²) < 4.78 is 28.3. The highest BCUT2D eigenvalue weighted by Gasteiger charge is 2.41. The van der Waals surface area contributed by atoms with Crippen LogP contribution in [0.2, 0.25) is 0 Å². The molecule has 1 N–H and O–H groups in total. The van der Waals surface area contributed by atoms with Gasteiger partial charge in [0.15, 0.2) is 0 Å². The van der Waals surface area contributed by atoms with Crippen molar-refractivity contribution in [1.29, 1.82) is 0 Å². The highest BCUT2D eigenvalue weighted by molar-refractivity contribution is 7.88. The summed E-state index contributed by atoms with van der Waals surface area (Å²) in [5, 5.41) is 8.80. The maximum Gasteiger partial charge on any atom is 0.322 e. The lowest BCUT2D eigenvalue weighted by molar-refractivity contribution is -0.140. The first-order valence-electron chi connectivity index (χ1n) is 4.08. The zero-order chi connectivity index (χ0) is 10.9. The summed E-state index contributed by atoms with van der Waals surface area (Å²) in [6.45, 7) is 0.117. The van der Waals surface area contributed by atoms with Gasteiger partial charge in [0.25, 0.3) is 0 Å². The van der Waals surface area contributed by atoms with Gasteiger partial charge in [0, 0.05) is 20.1 Å². The van der Waals surface area contributed by atoms with Gasteiger partial charge in [-0.05, 0) is 0 Å². The predicted molar refractivity (Wildman–Crippen MR) is 48.4 cm³/mol. The second-order valence-corrected chi connectivity index (χ2v) is 5.22. The zero-order valence-corrected chi connectivity index (χ0v) is 8.82. The second-order valence-electron chi connectivity index (χ2n) is 3.28. The van der Waals surface area contributed by atoms with Gasteiger partial charge in [-0.1, -0.05) is 0 Å². The molecule has 82 valence electrons. The Balaban J connectivity index is 2.88. The molecule has 0 amide bonds. The van der Waals surface area contributed by atoms with Crippen LogP contribution < -0.4 is 0 Å². The molecule has 6 nitrogen and oxygen atoms in total. The van der Waals surface area contributed by atoms with Gasteiger partial charge in [-0.2, -0.15) is 4.31 Å². The number of carboxylic acid groups (broad SMARTS) is 1. The van der Waals surface area contributed by atoms with E-state index in [1.54, 1.807) is 0 Å². The lowest BCUT2D eigenvalue weighted by Gasteiger charge is -2.17. The first-order valence-corrected chi connectivity index (χ1v) is 5.93. The third-order valence-electron chi connectivity index (χ3n) is 2.26. The van der Waals surface area contributed by atoms with Crippen molar-refractivity contribution in [1.82, 2.24) is 4.31 Å². The highest BCUT2D eigenvalue weighted by Crippen LogP contribution is 2.22. The molecule has 7 heteroatoms. The summed E-state index contributed by atoms with van der Waals surface area (Å²) in [5.74, 6) is -1.13. The van der Waals surface area contributed by atoms with Crippen LogP contribution in [0.4, 0.5) is 0 Å². The van der Waals surface area contributed by atoms with Crippen molar-refractivity contribution < 1.29 is 23.1 Å². The molecular weight excluding hydrogens is 210 g/mol. The number of carbonyl (C=O) groups is 1. The van der Waals surface area contributed by atoms with E-state index in [4.69, 9.17) is 9.84 Å². The van der Waals surface area contributed by atoms with E-state index >= 15 is 0 Å². The van der Waals surface area contributed by atoms with Crippen molar-refractivity contribution in [2.24, 2.45) is 0 Å². The maximum atomic E-state index is 11.2. The first kappa shape index (κ1) is 11.4. The Morgan fingerprint density at radius 3 is 2.43 bits per heavy atom. The molecule has 0 bridgehead atoms. The van der Waals surface area contributed by atoms with Gasteiger partial charge in [-0.3, -0.25) is 4.79 Å². The van der Waals surface area contributed by atoms with Crippen molar-refractivity contribution in [3.63, 3.8) is 0 Å². The minimum atomic E-state index is -3.47. The van der Waals surface area contributed by atoms with Gasteiger partial charge in [0.1, 0.15) is 6.04 Å². The standard InChI is InChI=1S/C7H13NO5S/c1-13-5-3-6(7(9)10)8(4-5)14(2,11)12/h5-6H,3-4H2,1-2H3,(H,9,10)/t5-,6+/m0/s1. The fourth-order valence-electron chi connectivity index (χ4n) is 1.53. The van der Waals surface area contributed by atoms with Gasteiger partial charge in [-0.25, -0.2) is 8.42 Å². The Kier molecular flexibility index (Phi) is 3.13. The number of hydrogen-bond acceptors (Lipinski definition) is 4. The van der Waals surface area contributed by atoms with E-state index in [2.05, 4.69) is 0 Å². The van der Waals surface area contributed by atoms with E-state index < -0.39 is 22.0 Å². The second kappa shape index (κ2) is 3.84. The van der Waals surface area contributed by atoms with Gasteiger partial charge in [-0.15, -0.1) is 0 Å². The molecule has 0 aliphatic carbocycles. The van der Waals surface area contributed by atoms with Crippen LogP contribution in [0.1, 0.15) is 6.42 Å². The van der Waals surface area contributed by atoms with Crippen molar-refractivity contribution >= 4 is 16.0 Å². The summed E-state index contributed by atoms with van der Waals surface area (Å²) in [7, 11) is -2.03. The molecule has 1 saturated heterocycles. The largest absolute Gasteiger partial charge is 0.480 e. The van der Waals surface area contributed by atoms with Crippen LogP contribution >= 0.6 is 0 Å². The molecule has 0 aromatic heterocycles. The van der Waals surface area contributed by atoms with E-state index in [-0.39, 0.29) is 19.1 Å². The fourth-order valence-corrected chi connectivity index (χ4v) is 2.61. The molecule has 14 heavy (non-hydrogen) atoms. The normalized spacial score (nSPS) is 29.3. The number of nitrogens with zero attached hydrogens (tertiary/aromatic N) is 1. The summed E-state index contributed by atoms with van der Waals surface area (Å²) in [5.41, 5.74) is 0. The molecule has 0 radical (unpaired) electrons. The minimum absolute atomic E-state index is 0.117. The molecule has 1 heterocycles. The molecule has 0 aromatic rings. The third-order valence-corrected chi connectivity index (χ3v) is 3.52. The fraction of sp³-hybridized carbons (Fsp3) is 0.857. The van der Waals surface area contributed by atoms with Crippen molar-refractivity contribution in [2.75, 3.05) is 19.9 Å². The molecule has 1 fully saturated rings. The summed E-state index contributed by atoms with van der Waals surface area (Å²) >= 11 is 0. The number of aliphatic carboxylic acids is 1. The van der Waals surface area contributed by atoms with Gasteiger partial charge in [0.2, 0.25) is 10.0 Å². The highest BCUT2D eigenvalue weighted by atomic mass is 32.2. The van der Waals surface area contributed by atoms with Crippen LogP contribution in [-0.4, -0.2) is 55.9 Å². The third kappa shape index (κ3) is 2.23. The van der Waals surface area contributed by atoms with E-state index in [0.717, 1.165) is 10.6 Å². The Labute approximate surface area is 82.5 Å². The SMILES string of the molecule is CO[C@H]1C[C@H](C(=O)O)N(S(C)(=O)=O)C1. The van der Waals surface area contributed by atoms with E-state index in [0.29, 0.717) is 0 Å². The Hall–Kier alpha value is -0.660. The van der Waals surface area contributed by atoms with Crippen LogP contribution in [-0.2, 0) is 19.6 Å². The number of carboxylic acids is 1. The predicted octanol–water partition coefficient (Wildman–Crippen LogP) is -0.880. The number of methoxy groups -OCH3 is 1. The Bertz CT molecular complexity index is 325. The van der Waals surface area contributed by atoms with Gasteiger partial charge >= 0.3 is 5.97 Å². The number of ether oxygens (including phenoxy) is 1. The summed E-state index contributed by atoms with van der Waals surface area (Å²) in [6, 6.07) is -0.991. The molecule has 0 unspecified atom stereocenters. The van der Waals surface area contributed by atoms with Crippen molar-refractivity contribution in [3.8, 4) is 0 Å². The topological polar surface area (TPSA) is 83.9 Å². The first-order chi connectivity index (χ1) is 6.36. The molecular formula is C7H13NO5S. The monoisotopic (exact) mass is 223 g/mol. The molecule has 0 aromatic carbocycles. The van der Waals surface area contributed by atoms with Crippen molar-refractivity contribution in [2.45, 2.75) is 18.6 Å². The summed E-state index contributed by atoms with van der Waals surface area (Å²) in [4.78, 5) is 10.8. The maximum absolute atomic E-state index is 11.2. The molecule has 1 aliphatic heterocycles. The number of rotatable bonds is 3. The van der Waals surface area contributed by atoms with Crippen LogP contribution in [0, 0.1) is 0 Å². The minimum Gasteiger partial charge on any atom is -0.480 e. The summed E-state index contributed by atoms with van der Waals surface area (Å²) in [6.07, 6.45) is 0.880. The Morgan fingerprint density at radius 2 is 2.14 bits per heavy atom. The van der Waals surface area contributed by atoms with Gasteiger partial charge in [0.05, 0.1) is 12.4 Å². The molecule has 2 atom stereocenters. The van der Waals surface area contributed by atoms with Crippen LogP contribution in [0.25, 0.3) is 0 Å². The van der Waals surface area contributed by atoms with Gasteiger partial charge < -0.3 is 9.84 Å². The average Bonchev–Trinajstić information content (AvgIpc) is 2.46. The van der Waals surface area contributed by atoms with Crippen LogP contribution in [0.3, 0.4) is 0 Å². The van der Waals surface area contributed by atoms with E-state index in [1.165, 1.54) is 7.11 Å². The number of hydrogen-bond donors (Lipinski definition) is 1. The lowest BCUT2D eigenvalue weighted by Crippen LogP contribution is -2.39. The van der Waals surface area contributed by atoms with Crippen LogP contribution in [0.15, 0.2) is 0 Å². The smallest absolute Gasteiger partial charge is 0.322 e. The van der Waals surface area contributed by atoms with E-state index in [1.807, 2.05) is 0 Å². The average molecular weight is 223 g/mol. The number of sulfonamides is 1. The molecule has 1 rings (SSSR count). The lowest BCUT2D eigenvalue weighted by atomic mass is 10.2. The molecule has 1 aliphatic rings. The quantitative estimate of drug-likeness (QED) is 0.671. The molecule has 0 saturated carbocycles.